The van der Waals surface area contributed by atoms with E-state index in [9.17, 15) is 14.7 Å². The Kier molecular flexibility index (Phi) is 7.76. The molecule has 4 nitrogen and oxygen atoms in total. The fourth-order valence-corrected chi connectivity index (χ4v) is 3.21. The second-order valence-electron chi connectivity index (χ2n) is 6.50. The lowest BCUT2D eigenvalue weighted by molar-refractivity contribution is -0.153. The number of carboxylic acid groups (broad SMARTS) is 1. The Morgan fingerprint density at radius 1 is 1.05 bits per heavy atom. The van der Waals surface area contributed by atoms with Crippen molar-refractivity contribution in [3.8, 4) is 0 Å². The summed E-state index contributed by atoms with van der Waals surface area (Å²) >= 11 is 0. The van der Waals surface area contributed by atoms with Crippen LogP contribution < -0.4 is 0 Å². The minimum atomic E-state index is -0.800. The Labute approximate surface area is 128 Å². The molecule has 4 heteroatoms. The third-order valence-corrected chi connectivity index (χ3v) is 4.62. The van der Waals surface area contributed by atoms with Gasteiger partial charge < -0.3 is 10.0 Å². The van der Waals surface area contributed by atoms with Crippen molar-refractivity contribution in [2.24, 2.45) is 17.8 Å². The maximum Gasteiger partial charge on any atom is 0.307 e. The predicted octanol–water partition coefficient (Wildman–Crippen LogP) is 3.55. The van der Waals surface area contributed by atoms with Crippen LogP contribution in [-0.4, -0.2) is 35.0 Å². The van der Waals surface area contributed by atoms with Crippen molar-refractivity contribution in [1.82, 2.24) is 4.90 Å². The molecule has 1 N–H and O–H groups in total. The van der Waals surface area contributed by atoms with Crippen molar-refractivity contribution in [3.63, 3.8) is 0 Å². The standard InChI is InChI=1S/C17H31NO3/c1-4-6-10-18(11-7-5-2)16(19)15-12-13(3)8-9-14(15)17(20)21/h13-15H,4-12H2,1-3H3,(H,20,21). The minimum Gasteiger partial charge on any atom is -0.481 e. The first kappa shape index (κ1) is 18.0. The van der Waals surface area contributed by atoms with E-state index >= 15 is 0 Å². The lowest BCUT2D eigenvalue weighted by atomic mass is 9.74. The van der Waals surface area contributed by atoms with Gasteiger partial charge in [-0.15, -0.1) is 0 Å². The van der Waals surface area contributed by atoms with Gasteiger partial charge in [-0.3, -0.25) is 9.59 Å². The van der Waals surface area contributed by atoms with Crippen molar-refractivity contribution in [3.05, 3.63) is 0 Å². The molecule has 1 aliphatic rings. The Morgan fingerprint density at radius 2 is 1.62 bits per heavy atom. The lowest BCUT2D eigenvalue weighted by Gasteiger charge is -2.35. The molecule has 0 aliphatic heterocycles. The number of carbonyl (C=O) groups excluding carboxylic acids is 1. The monoisotopic (exact) mass is 297 g/mol. The molecule has 0 aromatic heterocycles. The van der Waals surface area contributed by atoms with Crippen LogP contribution in [0.3, 0.4) is 0 Å². The quantitative estimate of drug-likeness (QED) is 0.745. The van der Waals surface area contributed by atoms with Gasteiger partial charge in [0, 0.05) is 13.1 Å². The van der Waals surface area contributed by atoms with E-state index in [1.807, 2.05) is 4.90 Å². The van der Waals surface area contributed by atoms with Gasteiger partial charge in [0.15, 0.2) is 0 Å². The zero-order chi connectivity index (χ0) is 15.8. The molecule has 1 aliphatic carbocycles. The van der Waals surface area contributed by atoms with Gasteiger partial charge >= 0.3 is 5.97 Å². The molecule has 3 atom stereocenters. The fraction of sp³-hybridized carbons (Fsp3) is 0.882. The summed E-state index contributed by atoms with van der Waals surface area (Å²) in [5.74, 6) is -1.07. The summed E-state index contributed by atoms with van der Waals surface area (Å²) in [6, 6.07) is 0. The largest absolute Gasteiger partial charge is 0.481 e. The summed E-state index contributed by atoms with van der Waals surface area (Å²) in [6.07, 6.45) is 6.39. The minimum absolute atomic E-state index is 0.0795. The Morgan fingerprint density at radius 3 is 2.10 bits per heavy atom. The molecule has 0 spiro atoms. The number of nitrogens with zero attached hydrogens (tertiary/aromatic N) is 1. The van der Waals surface area contributed by atoms with E-state index in [0.717, 1.165) is 51.6 Å². The van der Waals surface area contributed by atoms with Crippen LogP contribution in [0, 0.1) is 17.8 Å². The highest BCUT2D eigenvalue weighted by Gasteiger charge is 2.39. The summed E-state index contributed by atoms with van der Waals surface area (Å²) in [7, 11) is 0. The topological polar surface area (TPSA) is 57.6 Å². The molecule has 1 fully saturated rings. The van der Waals surface area contributed by atoms with Crippen LogP contribution in [0.5, 0.6) is 0 Å². The van der Waals surface area contributed by atoms with E-state index in [1.165, 1.54) is 0 Å². The van der Waals surface area contributed by atoms with Crippen LogP contribution in [0.1, 0.15) is 65.7 Å². The second-order valence-corrected chi connectivity index (χ2v) is 6.50. The van der Waals surface area contributed by atoms with Gasteiger partial charge in [-0.2, -0.15) is 0 Å². The number of aliphatic carboxylic acids is 1. The molecular weight excluding hydrogens is 266 g/mol. The lowest BCUT2D eigenvalue weighted by Crippen LogP contribution is -2.44. The first-order chi connectivity index (χ1) is 10.0. The second kappa shape index (κ2) is 9.06. The molecular formula is C17H31NO3. The van der Waals surface area contributed by atoms with Crippen LogP contribution >= 0.6 is 0 Å². The molecule has 1 rings (SSSR count). The van der Waals surface area contributed by atoms with E-state index in [0.29, 0.717) is 12.3 Å². The molecule has 21 heavy (non-hydrogen) atoms. The molecule has 0 bridgehead atoms. The summed E-state index contributed by atoms with van der Waals surface area (Å²) in [5, 5.41) is 9.41. The van der Waals surface area contributed by atoms with Gasteiger partial charge in [0.2, 0.25) is 5.91 Å². The number of rotatable bonds is 8. The van der Waals surface area contributed by atoms with Crippen molar-refractivity contribution in [2.75, 3.05) is 13.1 Å². The number of hydrogen-bond acceptors (Lipinski definition) is 2. The molecule has 1 saturated carbocycles. The highest BCUT2D eigenvalue weighted by atomic mass is 16.4. The van der Waals surface area contributed by atoms with Crippen LogP contribution in [0.2, 0.25) is 0 Å². The molecule has 0 heterocycles. The number of carbonyl (C=O) groups is 2. The number of hydrogen-bond donors (Lipinski definition) is 1. The van der Waals surface area contributed by atoms with Gasteiger partial charge in [-0.25, -0.2) is 0 Å². The van der Waals surface area contributed by atoms with Gasteiger partial charge in [0.1, 0.15) is 0 Å². The molecule has 3 unspecified atom stereocenters. The van der Waals surface area contributed by atoms with E-state index < -0.39 is 11.9 Å². The molecule has 1 amide bonds. The van der Waals surface area contributed by atoms with E-state index in [1.54, 1.807) is 0 Å². The summed E-state index contributed by atoms with van der Waals surface area (Å²) < 4.78 is 0. The molecule has 0 aromatic rings. The Bertz CT molecular complexity index is 335. The third kappa shape index (κ3) is 5.33. The van der Waals surface area contributed by atoms with Crippen molar-refractivity contribution in [1.29, 1.82) is 0 Å². The molecule has 0 radical (unpaired) electrons. The van der Waals surface area contributed by atoms with E-state index in [2.05, 4.69) is 20.8 Å². The van der Waals surface area contributed by atoms with Gasteiger partial charge in [-0.05, 0) is 38.0 Å². The summed E-state index contributed by atoms with van der Waals surface area (Å²) in [4.78, 5) is 26.2. The smallest absolute Gasteiger partial charge is 0.307 e. The average Bonchev–Trinajstić information content (AvgIpc) is 2.46. The van der Waals surface area contributed by atoms with Gasteiger partial charge in [0.25, 0.3) is 0 Å². The highest BCUT2D eigenvalue weighted by Crippen LogP contribution is 2.35. The third-order valence-electron chi connectivity index (χ3n) is 4.62. The fourth-order valence-electron chi connectivity index (χ4n) is 3.21. The zero-order valence-electron chi connectivity index (χ0n) is 13.8. The predicted molar refractivity (Wildman–Crippen MR) is 84.0 cm³/mol. The Balaban J connectivity index is 2.78. The first-order valence-electron chi connectivity index (χ1n) is 8.52. The number of amides is 1. The first-order valence-corrected chi connectivity index (χ1v) is 8.52. The average molecular weight is 297 g/mol. The SMILES string of the molecule is CCCCN(CCCC)C(=O)C1CC(C)CCC1C(=O)O. The zero-order valence-corrected chi connectivity index (χ0v) is 13.8. The van der Waals surface area contributed by atoms with Crippen LogP contribution in [0.15, 0.2) is 0 Å². The number of unbranched alkanes of at least 4 members (excludes halogenated alkanes) is 2. The van der Waals surface area contributed by atoms with E-state index in [4.69, 9.17) is 0 Å². The summed E-state index contributed by atoms with van der Waals surface area (Å²) in [6.45, 7) is 7.90. The van der Waals surface area contributed by atoms with Crippen LogP contribution in [0.4, 0.5) is 0 Å². The van der Waals surface area contributed by atoms with Crippen LogP contribution in [-0.2, 0) is 9.59 Å². The normalized spacial score (nSPS) is 25.6. The summed E-state index contributed by atoms with van der Waals surface area (Å²) in [5.41, 5.74) is 0. The van der Waals surface area contributed by atoms with Gasteiger partial charge in [0.05, 0.1) is 11.8 Å². The van der Waals surface area contributed by atoms with Crippen molar-refractivity contribution in [2.45, 2.75) is 65.7 Å². The molecule has 0 aromatic carbocycles. The maximum atomic E-state index is 12.8. The molecule has 122 valence electrons. The number of carboxylic acids is 1. The van der Waals surface area contributed by atoms with Crippen molar-refractivity contribution < 1.29 is 14.7 Å². The van der Waals surface area contributed by atoms with Crippen molar-refractivity contribution >= 4 is 11.9 Å². The van der Waals surface area contributed by atoms with Crippen LogP contribution in [0.25, 0.3) is 0 Å². The highest BCUT2D eigenvalue weighted by molar-refractivity contribution is 5.85. The van der Waals surface area contributed by atoms with Gasteiger partial charge in [-0.1, -0.05) is 33.6 Å². The van der Waals surface area contributed by atoms with E-state index in [-0.39, 0.29) is 11.8 Å². The molecule has 0 saturated heterocycles. The Hall–Kier alpha value is -1.06. The maximum absolute atomic E-state index is 12.8.